The molecule has 1 N–H and O–H groups in total. The summed E-state index contributed by atoms with van der Waals surface area (Å²) in [6.45, 7) is 4.72. The summed E-state index contributed by atoms with van der Waals surface area (Å²) in [6, 6.07) is -0.186. The minimum atomic E-state index is -0.199. The Morgan fingerprint density at radius 1 is 1.50 bits per heavy atom. The molecule has 1 fully saturated rings. The lowest BCUT2D eigenvalue weighted by Gasteiger charge is -2.13. The molecule has 2 atom stereocenters. The first kappa shape index (κ1) is 13.7. The molecule has 0 saturated carbocycles. The van der Waals surface area contributed by atoms with E-state index in [4.69, 9.17) is 4.74 Å². The van der Waals surface area contributed by atoms with Crippen LogP contribution in [0.5, 0.6) is 0 Å². The first-order valence-corrected chi connectivity index (χ1v) is 4.60. The third-order valence-electron chi connectivity index (χ3n) is 2.04. The highest BCUT2D eigenvalue weighted by Crippen LogP contribution is 2.13. The van der Waals surface area contributed by atoms with Crippen LogP contribution in [0, 0.1) is 0 Å². The van der Waals surface area contributed by atoms with E-state index in [-0.39, 0.29) is 36.6 Å². The summed E-state index contributed by atoms with van der Waals surface area (Å²) < 4.78 is 10.2. The highest BCUT2D eigenvalue weighted by atomic mass is 35.5. The van der Waals surface area contributed by atoms with Crippen LogP contribution >= 0.6 is 12.4 Å². The van der Waals surface area contributed by atoms with Gasteiger partial charge in [-0.2, -0.15) is 0 Å². The molecular formula is C9H18ClNO3. The van der Waals surface area contributed by atoms with E-state index in [0.717, 1.165) is 6.54 Å². The van der Waals surface area contributed by atoms with Gasteiger partial charge in [-0.25, -0.2) is 0 Å². The van der Waals surface area contributed by atoms with E-state index in [1.54, 1.807) is 0 Å². The SMILES string of the molecule is COC(=O)[C@@H]1C[C@@H](OC(C)C)CN1.Cl. The van der Waals surface area contributed by atoms with Crippen molar-refractivity contribution >= 4 is 18.4 Å². The number of carbonyl (C=O) groups excluding carboxylic acids is 1. The molecule has 5 heteroatoms. The number of esters is 1. The third kappa shape index (κ3) is 3.82. The predicted molar refractivity (Wildman–Crippen MR) is 55.7 cm³/mol. The monoisotopic (exact) mass is 223 g/mol. The Kier molecular flexibility index (Phi) is 6.08. The molecule has 0 aromatic rings. The van der Waals surface area contributed by atoms with Crippen molar-refractivity contribution in [3.8, 4) is 0 Å². The average Bonchev–Trinajstić information content (AvgIpc) is 2.50. The number of carbonyl (C=O) groups is 1. The molecule has 1 heterocycles. The fraction of sp³-hybridized carbons (Fsp3) is 0.889. The van der Waals surface area contributed by atoms with Crippen molar-refractivity contribution in [2.24, 2.45) is 0 Å². The molecule has 1 aliphatic heterocycles. The van der Waals surface area contributed by atoms with E-state index in [0.29, 0.717) is 6.42 Å². The van der Waals surface area contributed by atoms with Gasteiger partial charge in [0.1, 0.15) is 6.04 Å². The number of halogens is 1. The van der Waals surface area contributed by atoms with Gasteiger partial charge in [0.15, 0.2) is 0 Å². The highest BCUT2D eigenvalue weighted by Gasteiger charge is 2.30. The second-order valence-electron chi connectivity index (χ2n) is 3.53. The van der Waals surface area contributed by atoms with Crippen LogP contribution in [-0.2, 0) is 14.3 Å². The maximum Gasteiger partial charge on any atom is 0.322 e. The van der Waals surface area contributed by atoms with Crippen LogP contribution in [0.15, 0.2) is 0 Å². The van der Waals surface area contributed by atoms with Crippen LogP contribution in [0.25, 0.3) is 0 Å². The number of hydrogen-bond acceptors (Lipinski definition) is 4. The van der Waals surface area contributed by atoms with Gasteiger partial charge in [-0.1, -0.05) is 0 Å². The first-order valence-electron chi connectivity index (χ1n) is 4.60. The normalized spacial score (nSPS) is 26.0. The summed E-state index contributed by atoms with van der Waals surface area (Å²) >= 11 is 0. The second kappa shape index (κ2) is 6.22. The number of hydrogen-bond donors (Lipinski definition) is 1. The molecule has 0 amide bonds. The molecular weight excluding hydrogens is 206 g/mol. The van der Waals surface area contributed by atoms with Gasteiger partial charge >= 0.3 is 5.97 Å². The van der Waals surface area contributed by atoms with Gasteiger partial charge in [-0.3, -0.25) is 4.79 Å². The first-order chi connectivity index (χ1) is 6.13. The smallest absolute Gasteiger partial charge is 0.322 e. The van der Waals surface area contributed by atoms with E-state index in [2.05, 4.69) is 10.1 Å². The minimum Gasteiger partial charge on any atom is -0.468 e. The van der Waals surface area contributed by atoms with Gasteiger partial charge in [0.05, 0.1) is 19.3 Å². The highest BCUT2D eigenvalue weighted by molar-refractivity contribution is 5.85. The Morgan fingerprint density at radius 2 is 2.14 bits per heavy atom. The van der Waals surface area contributed by atoms with Crippen molar-refractivity contribution in [2.75, 3.05) is 13.7 Å². The van der Waals surface area contributed by atoms with Crippen LogP contribution in [0.1, 0.15) is 20.3 Å². The Morgan fingerprint density at radius 3 is 2.64 bits per heavy atom. The predicted octanol–water partition coefficient (Wildman–Crippen LogP) is 0.737. The van der Waals surface area contributed by atoms with Crippen molar-refractivity contribution in [1.82, 2.24) is 5.32 Å². The van der Waals surface area contributed by atoms with E-state index in [9.17, 15) is 4.79 Å². The topological polar surface area (TPSA) is 47.6 Å². The average molecular weight is 224 g/mol. The summed E-state index contributed by atoms with van der Waals surface area (Å²) in [7, 11) is 1.40. The number of rotatable bonds is 3. The number of nitrogens with one attached hydrogen (secondary N) is 1. The van der Waals surface area contributed by atoms with Gasteiger partial charge < -0.3 is 14.8 Å². The Hall–Kier alpha value is -0.320. The maximum atomic E-state index is 11.1. The molecule has 0 aromatic heterocycles. The fourth-order valence-corrected chi connectivity index (χ4v) is 1.51. The van der Waals surface area contributed by atoms with Crippen LogP contribution in [0.4, 0.5) is 0 Å². The summed E-state index contributed by atoms with van der Waals surface area (Å²) in [5.74, 6) is -0.199. The Bertz CT molecular complexity index is 187. The van der Waals surface area contributed by atoms with Crippen molar-refractivity contribution < 1.29 is 14.3 Å². The molecule has 0 bridgehead atoms. The number of ether oxygens (including phenoxy) is 2. The minimum absolute atomic E-state index is 0. The molecule has 0 unspecified atom stereocenters. The van der Waals surface area contributed by atoms with Crippen LogP contribution in [0.2, 0.25) is 0 Å². The lowest BCUT2D eigenvalue weighted by Crippen LogP contribution is -2.31. The van der Waals surface area contributed by atoms with Gasteiger partial charge in [-0.05, 0) is 13.8 Å². The lowest BCUT2D eigenvalue weighted by atomic mass is 10.2. The standard InChI is InChI=1S/C9H17NO3.ClH/c1-6(2)13-7-4-8(10-5-7)9(11)12-3;/h6-8,10H,4-5H2,1-3H3;1H/t7-,8+;/m1./s1. The van der Waals surface area contributed by atoms with Gasteiger partial charge in [0.2, 0.25) is 0 Å². The molecule has 1 rings (SSSR count). The molecule has 1 saturated heterocycles. The van der Waals surface area contributed by atoms with Gasteiger partial charge in [-0.15, -0.1) is 12.4 Å². The molecule has 0 aliphatic carbocycles. The van der Waals surface area contributed by atoms with Crippen molar-refractivity contribution in [3.05, 3.63) is 0 Å². The quantitative estimate of drug-likeness (QED) is 0.717. The van der Waals surface area contributed by atoms with E-state index < -0.39 is 0 Å². The summed E-state index contributed by atoms with van der Waals surface area (Å²) in [6.07, 6.45) is 1.07. The van der Waals surface area contributed by atoms with Crippen molar-refractivity contribution in [3.63, 3.8) is 0 Å². The molecule has 0 radical (unpaired) electrons. The van der Waals surface area contributed by atoms with Gasteiger partial charge in [0.25, 0.3) is 0 Å². The van der Waals surface area contributed by atoms with E-state index in [1.165, 1.54) is 7.11 Å². The van der Waals surface area contributed by atoms with E-state index >= 15 is 0 Å². The second-order valence-corrected chi connectivity index (χ2v) is 3.53. The zero-order valence-corrected chi connectivity index (χ0v) is 9.60. The van der Waals surface area contributed by atoms with Crippen LogP contribution in [0.3, 0.4) is 0 Å². The molecule has 84 valence electrons. The summed E-state index contributed by atoms with van der Waals surface area (Å²) in [5, 5.41) is 3.06. The van der Waals surface area contributed by atoms with Crippen LogP contribution in [-0.4, -0.2) is 37.9 Å². The van der Waals surface area contributed by atoms with Gasteiger partial charge in [0, 0.05) is 13.0 Å². The van der Waals surface area contributed by atoms with E-state index in [1.807, 2.05) is 13.8 Å². The number of methoxy groups -OCH3 is 1. The Balaban J connectivity index is 0.00000169. The summed E-state index contributed by atoms with van der Waals surface area (Å²) in [4.78, 5) is 11.1. The van der Waals surface area contributed by atoms with Crippen molar-refractivity contribution in [1.29, 1.82) is 0 Å². The molecule has 4 nitrogen and oxygen atoms in total. The van der Waals surface area contributed by atoms with Crippen molar-refractivity contribution in [2.45, 2.75) is 38.5 Å². The molecule has 0 spiro atoms. The van der Waals surface area contributed by atoms with Crippen LogP contribution < -0.4 is 5.32 Å². The molecule has 1 aliphatic rings. The maximum absolute atomic E-state index is 11.1. The molecule has 14 heavy (non-hydrogen) atoms. The zero-order valence-electron chi connectivity index (χ0n) is 8.78. The molecule has 0 aromatic carbocycles. The third-order valence-corrected chi connectivity index (χ3v) is 2.04. The summed E-state index contributed by atoms with van der Waals surface area (Å²) in [5.41, 5.74) is 0. The lowest BCUT2D eigenvalue weighted by molar-refractivity contribution is -0.143. The zero-order chi connectivity index (χ0) is 9.84. The fourth-order valence-electron chi connectivity index (χ4n) is 1.51. The Labute approximate surface area is 90.7 Å². The largest absolute Gasteiger partial charge is 0.468 e.